The third-order valence-corrected chi connectivity index (χ3v) is 3.03. The molecule has 0 saturated heterocycles. The van der Waals surface area contributed by atoms with E-state index < -0.39 is 0 Å². The molecule has 2 N–H and O–H groups in total. The van der Waals surface area contributed by atoms with Gasteiger partial charge in [0.15, 0.2) is 5.16 Å². The monoisotopic (exact) mass is 214 g/mol. The van der Waals surface area contributed by atoms with Crippen molar-refractivity contribution in [1.29, 1.82) is 0 Å². The van der Waals surface area contributed by atoms with Crippen molar-refractivity contribution < 1.29 is 0 Å². The van der Waals surface area contributed by atoms with Crippen molar-refractivity contribution in [1.82, 2.24) is 20.5 Å². The van der Waals surface area contributed by atoms with Crippen molar-refractivity contribution in [2.45, 2.75) is 37.9 Å². The molecule has 0 radical (unpaired) electrons. The predicted molar refractivity (Wildman–Crippen MR) is 59.5 cm³/mol. The van der Waals surface area contributed by atoms with E-state index in [1.807, 2.05) is 0 Å². The molecule has 0 aliphatic rings. The lowest BCUT2D eigenvalue weighted by molar-refractivity contribution is 0.539. The van der Waals surface area contributed by atoms with E-state index in [4.69, 9.17) is 0 Å². The standard InChI is InChI=1S/C9H18N4S/c1-3-5-10-8(4-2)6-14-9-11-7-12-13-9/h7-8,10H,3-6H2,1-2H3,(H,11,12,13). The van der Waals surface area contributed by atoms with Crippen LogP contribution < -0.4 is 5.32 Å². The van der Waals surface area contributed by atoms with Crippen molar-refractivity contribution in [3.63, 3.8) is 0 Å². The molecule has 0 aliphatic heterocycles. The zero-order valence-corrected chi connectivity index (χ0v) is 9.60. The molecule has 0 saturated carbocycles. The third-order valence-electron chi connectivity index (χ3n) is 1.99. The SMILES string of the molecule is CCCNC(CC)CSc1ncn[nH]1. The van der Waals surface area contributed by atoms with Crippen LogP contribution in [0.5, 0.6) is 0 Å². The van der Waals surface area contributed by atoms with Crippen molar-refractivity contribution in [3.8, 4) is 0 Å². The van der Waals surface area contributed by atoms with Gasteiger partial charge in [0, 0.05) is 11.8 Å². The zero-order valence-electron chi connectivity index (χ0n) is 8.79. The minimum Gasteiger partial charge on any atom is -0.313 e. The van der Waals surface area contributed by atoms with Gasteiger partial charge >= 0.3 is 0 Å². The predicted octanol–water partition coefficient (Wildman–Crippen LogP) is 1.67. The number of H-pyrrole nitrogens is 1. The normalized spacial score (nSPS) is 13.0. The lowest BCUT2D eigenvalue weighted by atomic mass is 10.2. The summed E-state index contributed by atoms with van der Waals surface area (Å²) in [6.07, 6.45) is 3.88. The number of rotatable bonds is 7. The molecule has 1 atom stereocenters. The molecule has 0 amide bonds. The molecule has 1 rings (SSSR count). The van der Waals surface area contributed by atoms with Crippen LogP contribution in [0.15, 0.2) is 11.5 Å². The molecular formula is C9H18N4S. The largest absolute Gasteiger partial charge is 0.313 e. The molecule has 0 aromatic carbocycles. The average molecular weight is 214 g/mol. The summed E-state index contributed by atoms with van der Waals surface area (Å²) < 4.78 is 0. The summed E-state index contributed by atoms with van der Waals surface area (Å²) in [6, 6.07) is 0.574. The third kappa shape index (κ3) is 4.11. The van der Waals surface area contributed by atoms with E-state index in [2.05, 4.69) is 34.3 Å². The molecule has 1 unspecified atom stereocenters. The highest BCUT2D eigenvalue weighted by atomic mass is 32.2. The van der Waals surface area contributed by atoms with Crippen molar-refractivity contribution in [2.24, 2.45) is 0 Å². The number of hydrogen-bond donors (Lipinski definition) is 2. The van der Waals surface area contributed by atoms with Crippen molar-refractivity contribution in [3.05, 3.63) is 6.33 Å². The number of aromatic amines is 1. The first-order valence-corrected chi connectivity index (χ1v) is 6.06. The lowest BCUT2D eigenvalue weighted by Gasteiger charge is -2.14. The minimum atomic E-state index is 0.574. The van der Waals surface area contributed by atoms with E-state index in [0.29, 0.717) is 6.04 Å². The number of thioether (sulfide) groups is 1. The summed E-state index contributed by atoms with van der Waals surface area (Å²) in [7, 11) is 0. The van der Waals surface area contributed by atoms with Gasteiger partial charge in [-0.1, -0.05) is 25.6 Å². The molecule has 4 nitrogen and oxygen atoms in total. The molecule has 0 aliphatic carbocycles. The number of hydrogen-bond acceptors (Lipinski definition) is 4. The highest BCUT2D eigenvalue weighted by molar-refractivity contribution is 7.99. The van der Waals surface area contributed by atoms with Crippen molar-refractivity contribution >= 4 is 11.8 Å². The van der Waals surface area contributed by atoms with Gasteiger partial charge in [0.25, 0.3) is 0 Å². The maximum absolute atomic E-state index is 4.07. The zero-order chi connectivity index (χ0) is 10.2. The average Bonchev–Trinajstić information content (AvgIpc) is 2.71. The fourth-order valence-electron chi connectivity index (χ4n) is 1.11. The van der Waals surface area contributed by atoms with Crippen LogP contribution in [-0.2, 0) is 0 Å². The molecule has 80 valence electrons. The second kappa shape index (κ2) is 6.84. The molecule has 5 heteroatoms. The van der Waals surface area contributed by atoms with Crippen LogP contribution in [0.2, 0.25) is 0 Å². The van der Waals surface area contributed by atoms with Gasteiger partial charge in [-0.2, -0.15) is 5.10 Å². The van der Waals surface area contributed by atoms with Gasteiger partial charge < -0.3 is 5.32 Å². The van der Waals surface area contributed by atoms with E-state index in [-0.39, 0.29) is 0 Å². The van der Waals surface area contributed by atoms with Gasteiger partial charge in [0.2, 0.25) is 0 Å². The van der Waals surface area contributed by atoms with Crippen LogP contribution >= 0.6 is 11.8 Å². The van der Waals surface area contributed by atoms with Gasteiger partial charge in [-0.3, -0.25) is 5.10 Å². The molecule has 14 heavy (non-hydrogen) atoms. The summed E-state index contributed by atoms with van der Waals surface area (Å²) in [4.78, 5) is 4.07. The maximum atomic E-state index is 4.07. The Kier molecular flexibility index (Phi) is 5.63. The smallest absolute Gasteiger partial charge is 0.183 e. The first-order valence-electron chi connectivity index (χ1n) is 5.08. The molecule has 1 aromatic heterocycles. The van der Waals surface area contributed by atoms with E-state index in [1.165, 1.54) is 6.42 Å². The molecular weight excluding hydrogens is 196 g/mol. The summed E-state index contributed by atoms with van der Waals surface area (Å²) in [6.45, 7) is 5.48. The van der Waals surface area contributed by atoms with Gasteiger partial charge in [-0.05, 0) is 19.4 Å². The molecule has 0 bridgehead atoms. The summed E-state index contributed by atoms with van der Waals surface area (Å²) in [5.74, 6) is 1.05. The van der Waals surface area contributed by atoms with E-state index in [1.54, 1.807) is 18.1 Å². The Morgan fingerprint density at radius 2 is 2.43 bits per heavy atom. The highest BCUT2D eigenvalue weighted by Crippen LogP contribution is 2.13. The first-order chi connectivity index (χ1) is 6.86. The topological polar surface area (TPSA) is 53.6 Å². The van der Waals surface area contributed by atoms with Crippen molar-refractivity contribution in [2.75, 3.05) is 12.3 Å². The Morgan fingerprint density at radius 1 is 1.57 bits per heavy atom. The number of aromatic nitrogens is 3. The van der Waals surface area contributed by atoms with Crippen LogP contribution in [-0.4, -0.2) is 33.5 Å². The van der Waals surface area contributed by atoms with Crippen LogP contribution in [0.3, 0.4) is 0 Å². The molecule has 0 fully saturated rings. The Bertz CT molecular complexity index is 225. The Morgan fingerprint density at radius 3 is 3.00 bits per heavy atom. The van der Waals surface area contributed by atoms with Gasteiger partial charge in [0.1, 0.15) is 6.33 Å². The van der Waals surface area contributed by atoms with Crippen LogP contribution in [0.4, 0.5) is 0 Å². The number of nitrogens with zero attached hydrogens (tertiary/aromatic N) is 2. The molecule has 1 aromatic rings. The molecule has 1 heterocycles. The van der Waals surface area contributed by atoms with E-state index >= 15 is 0 Å². The summed E-state index contributed by atoms with van der Waals surface area (Å²) in [5, 5.41) is 11.1. The second-order valence-electron chi connectivity index (χ2n) is 3.16. The van der Waals surface area contributed by atoms with Crippen LogP contribution in [0.1, 0.15) is 26.7 Å². The van der Waals surface area contributed by atoms with Crippen LogP contribution in [0, 0.1) is 0 Å². The summed E-state index contributed by atoms with van der Waals surface area (Å²) >= 11 is 1.72. The lowest BCUT2D eigenvalue weighted by Crippen LogP contribution is -2.31. The van der Waals surface area contributed by atoms with E-state index in [9.17, 15) is 0 Å². The Hall–Kier alpha value is -0.550. The fraction of sp³-hybridized carbons (Fsp3) is 0.778. The first kappa shape index (κ1) is 11.5. The van der Waals surface area contributed by atoms with Gasteiger partial charge in [0.05, 0.1) is 0 Å². The van der Waals surface area contributed by atoms with Gasteiger partial charge in [-0.15, -0.1) is 0 Å². The second-order valence-corrected chi connectivity index (χ2v) is 4.17. The highest BCUT2D eigenvalue weighted by Gasteiger charge is 2.06. The molecule has 0 spiro atoms. The quantitative estimate of drug-likeness (QED) is 0.678. The number of nitrogens with one attached hydrogen (secondary N) is 2. The van der Waals surface area contributed by atoms with Gasteiger partial charge in [-0.25, -0.2) is 4.98 Å². The Balaban J connectivity index is 2.20. The maximum Gasteiger partial charge on any atom is 0.183 e. The summed E-state index contributed by atoms with van der Waals surface area (Å²) in [5.41, 5.74) is 0. The minimum absolute atomic E-state index is 0.574. The Labute approximate surface area is 89.3 Å². The fourth-order valence-corrected chi connectivity index (χ4v) is 2.06. The van der Waals surface area contributed by atoms with Crippen LogP contribution in [0.25, 0.3) is 0 Å². The van der Waals surface area contributed by atoms with E-state index in [0.717, 1.165) is 23.9 Å².